The van der Waals surface area contributed by atoms with Gasteiger partial charge in [-0.1, -0.05) is 43.7 Å². The van der Waals surface area contributed by atoms with Gasteiger partial charge < -0.3 is 15.4 Å². The van der Waals surface area contributed by atoms with Crippen molar-refractivity contribution < 1.29 is 19.1 Å². The normalized spacial score (nSPS) is 14.9. The Kier molecular flexibility index (Phi) is 8.72. The molecule has 0 aliphatic heterocycles. The maximum Gasteiger partial charge on any atom is 0.408 e. The molecule has 170 valence electrons. The SMILES string of the molecule is C#Cc1ccc(C(C(=O)NC2CCCCC2)N(C#C)C(=O)CNC(=O)OC(C)(C)C)cc1. The standard InChI is InChI=1S/C25H31N3O4/c1-6-18-13-15-19(16-14-18)22(23(30)27-20-11-9-8-10-12-20)28(7-2)21(29)17-26-24(31)32-25(3,4)5/h1-2,13-16,20,22H,8-12,17H2,3-5H3,(H,26,31)(H,27,30). The van der Waals surface area contributed by atoms with Gasteiger partial charge in [-0.2, -0.15) is 0 Å². The number of benzene rings is 1. The second-order valence-electron chi connectivity index (χ2n) is 8.76. The minimum atomic E-state index is -1.05. The van der Waals surface area contributed by atoms with Gasteiger partial charge in [0, 0.05) is 17.6 Å². The van der Waals surface area contributed by atoms with Crippen molar-refractivity contribution in [3.8, 4) is 24.8 Å². The predicted molar refractivity (Wildman–Crippen MR) is 122 cm³/mol. The molecular formula is C25H31N3O4. The van der Waals surface area contributed by atoms with Gasteiger partial charge in [0.2, 0.25) is 5.91 Å². The molecule has 0 spiro atoms. The summed E-state index contributed by atoms with van der Waals surface area (Å²) < 4.78 is 5.15. The topological polar surface area (TPSA) is 87.7 Å². The highest BCUT2D eigenvalue weighted by Gasteiger charge is 2.32. The number of terminal acetylenes is 2. The number of rotatable bonds is 6. The average Bonchev–Trinajstić information content (AvgIpc) is 2.75. The number of ether oxygens (including phenoxy) is 1. The third-order valence-corrected chi connectivity index (χ3v) is 5.04. The van der Waals surface area contributed by atoms with Crippen LogP contribution in [0.4, 0.5) is 4.79 Å². The zero-order valence-electron chi connectivity index (χ0n) is 18.9. The van der Waals surface area contributed by atoms with Gasteiger partial charge in [-0.25, -0.2) is 4.79 Å². The Bertz CT molecular complexity index is 897. The van der Waals surface area contributed by atoms with E-state index in [2.05, 4.69) is 22.6 Å². The molecular weight excluding hydrogens is 406 g/mol. The average molecular weight is 438 g/mol. The molecule has 7 heteroatoms. The molecule has 1 aliphatic rings. The Morgan fingerprint density at radius 2 is 1.75 bits per heavy atom. The molecule has 2 N–H and O–H groups in total. The van der Waals surface area contributed by atoms with Crippen molar-refractivity contribution in [1.29, 1.82) is 0 Å². The fraction of sp³-hybridized carbons (Fsp3) is 0.480. The van der Waals surface area contributed by atoms with Crippen molar-refractivity contribution in [2.45, 2.75) is 70.6 Å². The Morgan fingerprint density at radius 1 is 1.12 bits per heavy atom. The summed E-state index contributed by atoms with van der Waals surface area (Å²) in [6.07, 6.45) is 15.3. The lowest BCUT2D eigenvalue weighted by Crippen LogP contribution is -2.48. The van der Waals surface area contributed by atoms with E-state index in [9.17, 15) is 14.4 Å². The lowest BCUT2D eigenvalue weighted by molar-refractivity contribution is -0.137. The predicted octanol–water partition coefficient (Wildman–Crippen LogP) is 3.10. The van der Waals surface area contributed by atoms with Gasteiger partial charge in [-0.3, -0.25) is 14.5 Å². The molecule has 0 radical (unpaired) electrons. The fourth-order valence-electron chi connectivity index (χ4n) is 3.54. The minimum absolute atomic E-state index is 0.0401. The van der Waals surface area contributed by atoms with E-state index in [0.29, 0.717) is 11.1 Å². The molecule has 1 aliphatic carbocycles. The van der Waals surface area contributed by atoms with Crippen molar-refractivity contribution in [3.05, 3.63) is 35.4 Å². The van der Waals surface area contributed by atoms with E-state index in [1.807, 2.05) is 0 Å². The van der Waals surface area contributed by atoms with E-state index in [0.717, 1.165) is 37.0 Å². The van der Waals surface area contributed by atoms with Gasteiger partial charge >= 0.3 is 6.09 Å². The molecule has 1 atom stereocenters. The highest BCUT2D eigenvalue weighted by molar-refractivity contribution is 5.91. The number of nitrogens with one attached hydrogen (secondary N) is 2. The van der Waals surface area contributed by atoms with Gasteiger partial charge in [-0.05, 0) is 51.3 Å². The van der Waals surface area contributed by atoms with Crippen molar-refractivity contribution >= 4 is 17.9 Å². The van der Waals surface area contributed by atoms with Crippen molar-refractivity contribution in [3.63, 3.8) is 0 Å². The summed E-state index contributed by atoms with van der Waals surface area (Å²) in [6.45, 7) is 4.74. The molecule has 1 unspecified atom stereocenters. The molecule has 0 bridgehead atoms. The number of hydrogen-bond acceptors (Lipinski definition) is 4. The van der Waals surface area contributed by atoms with E-state index in [1.165, 1.54) is 0 Å². The van der Waals surface area contributed by atoms with Gasteiger partial charge in [-0.15, -0.1) is 6.42 Å². The number of carbonyl (C=O) groups excluding carboxylic acids is 3. The number of nitrogens with zero attached hydrogens (tertiary/aromatic N) is 1. The largest absolute Gasteiger partial charge is 0.444 e. The number of carbonyl (C=O) groups is 3. The number of hydrogen-bond donors (Lipinski definition) is 2. The van der Waals surface area contributed by atoms with E-state index in [1.54, 1.807) is 45.0 Å². The third-order valence-electron chi connectivity index (χ3n) is 5.04. The molecule has 2 rings (SSSR count). The third kappa shape index (κ3) is 7.35. The highest BCUT2D eigenvalue weighted by atomic mass is 16.6. The van der Waals surface area contributed by atoms with E-state index < -0.39 is 30.2 Å². The van der Waals surface area contributed by atoms with Crippen LogP contribution in [0.1, 0.15) is 70.0 Å². The molecule has 1 aromatic rings. The Labute approximate surface area is 190 Å². The quantitative estimate of drug-likeness (QED) is 0.529. The summed E-state index contributed by atoms with van der Waals surface area (Å²) in [7, 11) is 0. The monoisotopic (exact) mass is 437 g/mol. The second kappa shape index (κ2) is 11.2. The fourth-order valence-corrected chi connectivity index (χ4v) is 3.54. The Morgan fingerprint density at radius 3 is 2.28 bits per heavy atom. The summed E-state index contributed by atoms with van der Waals surface area (Å²) in [5, 5.41) is 5.42. The van der Waals surface area contributed by atoms with Crippen LogP contribution in [0, 0.1) is 24.8 Å². The summed E-state index contributed by atoms with van der Waals surface area (Å²) in [4.78, 5) is 39.1. The summed E-state index contributed by atoms with van der Waals surface area (Å²) in [6, 6.07) is 8.03. The molecule has 32 heavy (non-hydrogen) atoms. The zero-order valence-corrected chi connectivity index (χ0v) is 18.9. The van der Waals surface area contributed by atoms with E-state index >= 15 is 0 Å². The number of amides is 3. The first-order chi connectivity index (χ1) is 15.1. The van der Waals surface area contributed by atoms with Crippen LogP contribution in [0.25, 0.3) is 0 Å². The molecule has 1 saturated carbocycles. The first-order valence-corrected chi connectivity index (χ1v) is 10.8. The summed E-state index contributed by atoms with van der Waals surface area (Å²) >= 11 is 0. The van der Waals surface area contributed by atoms with Crippen LogP contribution in [0.15, 0.2) is 24.3 Å². The molecule has 1 fully saturated rings. The van der Waals surface area contributed by atoms with Gasteiger partial charge in [0.1, 0.15) is 18.2 Å². The molecule has 1 aromatic carbocycles. The molecule has 0 aromatic heterocycles. The van der Waals surface area contributed by atoms with Crippen LogP contribution in [0.3, 0.4) is 0 Å². The van der Waals surface area contributed by atoms with E-state index in [-0.39, 0.29) is 11.9 Å². The Balaban J connectivity index is 2.21. The van der Waals surface area contributed by atoms with Crippen molar-refractivity contribution in [2.75, 3.05) is 6.54 Å². The molecule has 0 saturated heterocycles. The maximum absolute atomic E-state index is 13.2. The van der Waals surface area contributed by atoms with Gasteiger partial charge in [0.25, 0.3) is 5.91 Å². The van der Waals surface area contributed by atoms with Crippen LogP contribution >= 0.6 is 0 Å². The smallest absolute Gasteiger partial charge is 0.408 e. The Hall–Kier alpha value is -3.45. The van der Waals surface area contributed by atoms with Crippen LogP contribution in [-0.2, 0) is 14.3 Å². The zero-order chi connectivity index (χ0) is 23.7. The lowest BCUT2D eigenvalue weighted by atomic mass is 9.94. The molecule has 3 amide bonds. The second-order valence-corrected chi connectivity index (χ2v) is 8.76. The first-order valence-electron chi connectivity index (χ1n) is 10.8. The van der Waals surface area contributed by atoms with Crippen LogP contribution in [-0.4, -0.2) is 41.0 Å². The molecule has 0 heterocycles. The molecule has 7 nitrogen and oxygen atoms in total. The highest BCUT2D eigenvalue weighted by Crippen LogP contribution is 2.24. The van der Waals surface area contributed by atoms with Crippen LogP contribution in [0.2, 0.25) is 0 Å². The minimum Gasteiger partial charge on any atom is -0.444 e. The summed E-state index contributed by atoms with van der Waals surface area (Å²) in [5.74, 6) is 1.55. The van der Waals surface area contributed by atoms with Crippen LogP contribution < -0.4 is 10.6 Å². The van der Waals surface area contributed by atoms with Gasteiger partial charge in [0.15, 0.2) is 0 Å². The lowest BCUT2D eigenvalue weighted by Gasteiger charge is -2.30. The summed E-state index contributed by atoms with van der Waals surface area (Å²) in [5.41, 5.74) is 0.464. The van der Waals surface area contributed by atoms with Crippen LogP contribution in [0.5, 0.6) is 0 Å². The number of alkyl carbamates (subject to hydrolysis) is 1. The van der Waals surface area contributed by atoms with Crippen molar-refractivity contribution in [2.24, 2.45) is 0 Å². The van der Waals surface area contributed by atoms with Gasteiger partial charge in [0.05, 0.1) is 0 Å². The first kappa shape index (κ1) is 24.8. The van der Waals surface area contributed by atoms with Crippen molar-refractivity contribution in [1.82, 2.24) is 15.5 Å². The van der Waals surface area contributed by atoms with E-state index in [4.69, 9.17) is 17.6 Å². The maximum atomic E-state index is 13.2.